The van der Waals surface area contributed by atoms with Gasteiger partial charge in [-0.3, -0.25) is 4.79 Å². The Bertz CT molecular complexity index is 539. The number of carboxylic acid groups (broad SMARTS) is 1. The number of nitrogens with one attached hydrogen (secondary N) is 1. The summed E-state index contributed by atoms with van der Waals surface area (Å²) in [4.78, 5) is 17.3. The highest BCUT2D eigenvalue weighted by atomic mass is 19.3. The Hall–Kier alpha value is -1.98. The van der Waals surface area contributed by atoms with E-state index in [1.54, 1.807) is 6.07 Å². The second-order valence-electron chi connectivity index (χ2n) is 3.72. The van der Waals surface area contributed by atoms with Gasteiger partial charge in [0.15, 0.2) is 0 Å². The number of carbonyl (C=O) groups is 1. The highest BCUT2D eigenvalue weighted by Gasteiger charge is 2.25. The maximum absolute atomic E-state index is 12.8. The fourth-order valence-electron chi connectivity index (χ4n) is 1.72. The Kier molecular flexibility index (Phi) is 3.03. The normalized spacial score (nSPS) is 13.1. The van der Waals surface area contributed by atoms with Gasteiger partial charge < -0.3 is 10.1 Å². The van der Waals surface area contributed by atoms with Gasteiger partial charge in [-0.05, 0) is 17.7 Å². The van der Waals surface area contributed by atoms with Crippen molar-refractivity contribution < 1.29 is 18.7 Å². The highest BCUT2D eigenvalue weighted by Crippen LogP contribution is 2.28. The van der Waals surface area contributed by atoms with Gasteiger partial charge in [-0.2, -0.15) is 0 Å². The average Bonchev–Trinajstić information content (AvgIpc) is 2.72. The van der Waals surface area contributed by atoms with Crippen molar-refractivity contribution in [3.63, 3.8) is 0 Å². The van der Waals surface area contributed by atoms with Gasteiger partial charge in [0.05, 0.1) is 29.7 Å². The van der Waals surface area contributed by atoms with E-state index in [1.165, 1.54) is 18.5 Å². The summed E-state index contributed by atoms with van der Waals surface area (Å²) < 4.78 is 25.6. The first-order chi connectivity index (χ1) is 8.08. The quantitative estimate of drug-likeness (QED) is 0.862. The number of aromatic nitrogens is 2. The summed E-state index contributed by atoms with van der Waals surface area (Å²) in [5.74, 6) is -2.53. The van der Waals surface area contributed by atoms with Crippen LogP contribution in [0.4, 0.5) is 8.78 Å². The SMILES string of the molecule is O=C(O)CC(c1ccc2nc[nH]c2c1)C(F)F. The van der Waals surface area contributed by atoms with E-state index < -0.39 is 24.7 Å². The molecule has 2 rings (SSSR count). The number of hydrogen-bond acceptors (Lipinski definition) is 2. The number of halogens is 2. The molecule has 0 aliphatic heterocycles. The third-order valence-corrected chi connectivity index (χ3v) is 2.57. The third kappa shape index (κ3) is 2.41. The molecule has 0 spiro atoms. The Labute approximate surface area is 95.3 Å². The van der Waals surface area contributed by atoms with E-state index in [0.29, 0.717) is 16.6 Å². The molecular weight excluding hydrogens is 230 g/mol. The first-order valence-corrected chi connectivity index (χ1v) is 5.01. The monoisotopic (exact) mass is 240 g/mol. The van der Waals surface area contributed by atoms with Crippen molar-refractivity contribution in [3.05, 3.63) is 30.1 Å². The zero-order chi connectivity index (χ0) is 12.4. The summed E-state index contributed by atoms with van der Waals surface area (Å²) in [5, 5.41) is 8.61. The first-order valence-electron chi connectivity index (χ1n) is 5.01. The molecule has 0 amide bonds. The van der Waals surface area contributed by atoms with Gasteiger partial charge in [0.2, 0.25) is 6.43 Å². The molecule has 0 radical (unpaired) electrons. The van der Waals surface area contributed by atoms with Crippen LogP contribution in [0.15, 0.2) is 24.5 Å². The van der Waals surface area contributed by atoms with Crippen LogP contribution in [-0.2, 0) is 4.79 Å². The third-order valence-electron chi connectivity index (χ3n) is 2.57. The summed E-state index contributed by atoms with van der Waals surface area (Å²) in [7, 11) is 0. The Morgan fingerprint density at radius 1 is 1.47 bits per heavy atom. The molecule has 0 aliphatic carbocycles. The van der Waals surface area contributed by atoms with Crippen LogP contribution in [0, 0.1) is 0 Å². The highest BCUT2D eigenvalue weighted by molar-refractivity contribution is 5.76. The lowest BCUT2D eigenvalue weighted by Crippen LogP contribution is -2.14. The van der Waals surface area contributed by atoms with Crippen LogP contribution in [0.3, 0.4) is 0 Å². The van der Waals surface area contributed by atoms with Crippen molar-refractivity contribution in [3.8, 4) is 0 Å². The smallest absolute Gasteiger partial charge is 0.304 e. The average molecular weight is 240 g/mol. The van der Waals surface area contributed by atoms with E-state index in [0.717, 1.165) is 0 Å². The lowest BCUT2D eigenvalue weighted by atomic mass is 9.96. The molecule has 2 aromatic rings. The van der Waals surface area contributed by atoms with Gasteiger partial charge in [0.25, 0.3) is 0 Å². The fraction of sp³-hybridized carbons (Fsp3) is 0.273. The van der Waals surface area contributed by atoms with Crippen LogP contribution >= 0.6 is 0 Å². The maximum Gasteiger partial charge on any atom is 0.304 e. The summed E-state index contributed by atoms with van der Waals surface area (Å²) >= 11 is 0. The second kappa shape index (κ2) is 4.48. The Morgan fingerprint density at radius 2 is 2.24 bits per heavy atom. The number of hydrogen-bond donors (Lipinski definition) is 2. The van der Waals surface area contributed by atoms with Crippen LogP contribution in [0.5, 0.6) is 0 Å². The van der Waals surface area contributed by atoms with Crippen molar-refractivity contribution in [2.45, 2.75) is 18.8 Å². The van der Waals surface area contributed by atoms with Crippen LogP contribution in [-0.4, -0.2) is 27.5 Å². The second-order valence-corrected chi connectivity index (χ2v) is 3.72. The molecule has 17 heavy (non-hydrogen) atoms. The van der Waals surface area contributed by atoms with Crippen molar-refractivity contribution >= 4 is 17.0 Å². The number of H-pyrrole nitrogens is 1. The van der Waals surface area contributed by atoms with E-state index in [2.05, 4.69) is 9.97 Å². The summed E-state index contributed by atoms with van der Waals surface area (Å²) in [6.07, 6.45) is -1.83. The van der Waals surface area contributed by atoms with Gasteiger partial charge in [0, 0.05) is 0 Å². The molecule has 2 N–H and O–H groups in total. The lowest BCUT2D eigenvalue weighted by Gasteiger charge is -2.13. The van der Waals surface area contributed by atoms with E-state index >= 15 is 0 Å². The van der Waals surface area contributed by atoms with Gasteiger partial charge in [-0.25, -0.2) is 13.8 Å². The number of aliphatic carboxylic acids is 1. The molecule has 1 heterocycles. The van der Waals surface area contributed by atoms with Crippen molar-refractivity contribution in [1.29, 1.82) is 0 Å². The molecule has 90 valence electrons. The van der Waals surface area contributed by atoms with Crippen molar-refractivity contribution in [1.82, 2.24) is 9.97 Å². The molecule has 1 aromatic carbocycles. The van der Waals surface area contributed by atoms with Crippen LogP contribution in [0.2, 0.25) is 0 Å². The number of aromatic amines is 1. The van der Waals surface area contributed by atoms with Crippen molar-refractivity contribution in [2.75, 3.05) is 0 Å². The van der Waals surface area contributed by atoms with Gasteiger partial charge >= 0.3 is 5.97 Å². The molecule has 1 atom stereocenters. The molecule has 6 heteroatoms. The van der Waals surface area contributed by atoms with Crippen LogP contribution in [0.1, 0.15) is 17.9 Å². The number of imidazole rings is 1. The van der Waals surface area contributed by atoms with E-state index in [4.69, 9.17) is 5.11 Å². The molecule has 0 bridgehead atoms. The molecule has 0 fully saturated rings. The van der Waals surface area contributed by atoms with E-state index in [1.807, 2.05) is 0 Å². The molecule has 0 aliphatic rings. The standard InChI is InChI=1S/C11H10F2N2O2/c12-11(13)7(4-10(16)17)6-1-2-8-9(3-6)15-5-14-8/h1-3,5,7,11H,4H2,(H,14,15)(H,16,17). The zero-order valence-electron chi connectivity index (χ0n) is 8.73. The molecule has 0 saturated heterocycles. The lowest BCUT2D eigenvalue weighted by molar-refractivity contribution is -0.138. The number of nitrogens with zero attached hydrogens (tertiary/aromatic N) is 1. The summed E-state index contributed by atoms with van der Waals surface area (Å²) in [5.41, 5.74) is 1.59. The topological polar surface area (TPSA) is 66.0 Å². The van der Waals surface area contributed by atoms with Crippen molar-refractivity contribution in [2.24, 2.45) is 0 Å². The summed E-state index contributed by atoms with van der Waals surface area (Å²) in [6, 6.07) is 4.60. The predicted octanol–water partition coefficient (Wildman–Crippen LogP) is 2.39. The van der Waals surface area contributed by atoms with Crippen LogP contribution in [0.25, 0.3) is 11.0 Å². The number of carboxylic acids is 1. The minimum atomic E-state index is -2.70. The molecular formula is C11H10F2N2O2. The number of alkyl halides is 2. The Balaban J connectivity index is 2.37. The van der Waals surface area contributed by atoms with E-state index in [-0.39, 0.29) is 0 Å². The number of fused-ring (bicyclic) bond motifs is 1. The minimum absolute atomic E-state index is 0.305. The maximum atomic E-state index is 12.8. The number of benzene rings is 1. The van der Waals surface area contributed by atoms with Gasteiger partial charge in [-0.1, -0.05) is 6.07 Å². The zero-order valence-corrected chi connectivity index (χ0v) is 8.73. The predicted molar refractivity (Wildman–Crippen MR) is 57.1 cm³/mol. The van der Waals surface area contributed by atoms with E-state index in [9.17, 15) is 13.6 Å². The van der Waals surface area contributed by atoms with Gasteiger partial charge in [-0.15, -0.1) is 0 Å². The fourth-order valence-corrected chi connectivity index (χ4v) is 1.72. The number of rotatable bonds is 4. The Morgan fingerprint density at radius 3 is 2.88 bits per heavy atom. The summed E-state index contributed by atoms with van der Waals surface area (Å²) in [6.45, 7) is 0. The largest absolute Gasteiger partial charge is 0.481 e. The molecule has 0 saturated carbocycles. The van der Waals surface area contributed by atoms with Crippen LogP contribution < -0.4 is 0 Å². The molecule has 1 unspecified atom stereocenters. The van der Waals surface area contributed by atoms with Gasteiger partial charge in [0.1, 0.15) is 0 Å². The molecule has 1 aromatic heterocycles. The minimum Gasteiger partial charge on any atom is -0.481 e. The first kappa shape index (κ1) is 11.5. The molecule has 4 nitrogen and oxygen atoms in total.